The lowest BCUT2D eigenvalue weighted by molar-refractivity contribution is 0.648. The van der Waals surface area contributed by atoms with Crippen LogP contribution in [0, 0.1) is 6.92 Å². The number of benzene rings is 1. The van der Waals surface area contributed by atoms with Crippen LogP contribution in [0.3, 0.4) is 0 Å². The highest BCUT2D eigenvalue weighted by Gasteiger charge is 2.15. The molecule has 1 unspecified atom stereocenters. The van der Waals surface area contributed by atoms with Crippen LogP contribution in [-0.4, -0.2) is 11.6 Å². The minimum atomic E-state index is 0.399. The van der Waals surface area contributed by atoms with Gasteiger partial charge in [-0.2, -0.15) is 0 Å². The summed E-state index contributed by atoms with van der Waals surface area (Å²) in [4.78, 5) is 0. The molecule has 0 aliphatic carbocycles. The van der Waals surface area contributed by atoms with Crippen molar-refractivity contribution in [3.63, 3.8) is 0 Å². The van der Waals surface area contributed by atoms with Gasteiger partial charge in [-0.3, -0.25) is 0 Å². The van der Waals surface area contributed by atoms with Gasteiger partial charge in [-0.05, 0) is 32.5 Å². The molecule has 0 bridgehead atoms. The Kier molecular flexibility index (Phi) is 2.53. The van der Waals surface area contributed by atoms with Gasteiger partial charge in [0.15, 0.2) is 0 Å². The van der Waals surface area contributed by atoms with Crippen molar-refractivity contribution in [3.05, 3.63) is 35.5 Å². The Bertz CT molecular complexity index is 482. The zero-order chi connectivity index (χ0) is 11.0. The average molecular weight is 202 g/mol. The van der Waals surface area contributed by atoms with Crippen LogP contribution in [0.1, 0.15) is 24.2 Å². The quantitative estimate of drug-likeness (QED) is 0.792. The molecule has 0 saturated heterocycles. The number of aromatic nitrogens is 1. The van der Waals surface area contributed by atoms with Crippen LogP contribution >= 0.6 is 0 Å². The van der Waals surface area contributed by atoms with E-state index in [0.29, 0.717) is 6.04 Å². The molecule has 2 aromatic rings. The summed E-state index contributed by atoms with van der Waals surface area (Å²) < 4.78 is 2.26. The lowest BCUT2D eigenvalue weighted by Crippen LogP contribution is -2.13. The monoisotopic (exact) mass is 202 g/mol. The lowest BCUT2D eigenvalue weighted by Gasteiger charge is -2.11. The Morgan fingerprint density at radius 3 is 2.60 bits per heavy atom. The van der Waals surface area contributed by atoms with Crippen molar-refractivity contribution in [2.45, 2.75) is 19.9 Å². The second-order valence-corrected chi connectivity index (χ2v) is 4.09. The van der Waals surface area contributed by atoms with Gasteiger partial charge in [0.25, 0.3) is 0 Å². The SMILES string of the molecule is CNC(C)c1c(C)n(C)c2ccccc12. The van der Waals surface area contributed by atoms with Crippen LogP contribution in [-0.2, 0) is 7.05 Å². The lowest BCUT2D eigenvalue weighted by atomic mass is 10.0. The van der Waals surface area contributed by atoms with Gasteiger partial charge < -0.3 is 9.88 Å². The highest BCUT2D eigenvalue weighted by molar-refractivity contribution is 5.85. The summed E-state index contributed by atoms with van der Waals surface area (Å²) >= 11 is 0. The Morgan fingerprint density at radius 1 is 1.27 bits per heavy atom. The summed E-state index contributed by atoms with van der Waals surface area (Å²) in [6.45, 7) is 4.39. The smallest absolute Gasteiger partial charge is 0.0483 e. The predicted octanol–water partition coefficient (Wildman–Crippen LogP) is 2.77. The molecule has 2 nitrogen and oxygen atoms in total. The summed E-state index contributed by atoms with van der Waals surface area (Å²) in [7, 11) is 4.13. The van der Waals surface area contributed by atoms with Crippen molar-refractivity contribution in [1.29, 1.82) is 0 Å². The molecule has 0 radical (unpaired) electrons. The number of nitrogens with one attached hydrogen (secondary N) is 1. The largest absolute Gasteiger partial charge is 0.348 e. The Morgan fingerprint density at radius 2 is 1.93 bits per heavy atom. The minimum Gasteiger partial charge on any atom is -0.348 e. The fourth-order valence-electron chi connectivity index (χ4n) is 2.24. The standard InChI is InChI=1S/C13H18N2/c1-9(14-3)13-10(2)15(4)12-8-6-5-7-11(12)13/h5-9,14H,1-4H3. The van der Waals surface area contributed by atoms with Crippen LogP contribution in [0.5, 0.6) is 0 Å². The van der Waals surface area contributed by atoms with Gasteiger partial charge >= 0.3 is 0 Å². The van der Waals surface area contributed by atoms with Crippen molar-refractivity contribution < 1.29 is 0 Å². The first-order chi connectivity index (χ1) is 7.16. The molecule has 0 aliphatic rings. The van der Waals surface area contributed by atoms with E-state index in [9.17, 15) is 0 Å². The number of hydrogen-bond donors (Lipinski definition) is 1. The van der Waals surface area contributed by atoms with Crippen LogP contribution in [0.15, 0.2) is 24.3 Å². The summed E-state index contributed by atoms with van der Waals surface area (Å²) in [5, 5.41) is 4.67. The first-order valence-corrected chi connectivity index (χ1v) is 5.38. The van der Waals surface area contributed by atoms with Gasteiger partial charge in [0.05, 0.1) is 0 Å². The molecule has 80 valence electrons. The van der Waals surface area contributed by atoms with E-state index in [4.69, 9.17) is 0 Å². The molecule has 15 heavy (non-hydrogen) atoms. The summed E-state index contributed by atoms with van der Waals surface area (Å²) in [5.74, 6) is 0. The third-order valence-electron chi connectivity index (χ3n) is 3.31. The molecule has 0 fully saturated rings. The molecular formula is C13H18N2. The summed E-state index contributed by atoms with van der Waals surface area (Å²) in [5.41, 5.74) is 4.07. The van der Waals surface area contributed by atoms with Crippen molar-refractivity contribution in [2.24, 2.45) is 7.05 Å². The van der Waals surface area contributed by atoms with Gasteiger partial charge in [0, 0.05) is 29.7 Å². The maximum atomic E-state index is 3.31. The molecule has 1 aromatic heterocycles. The number of hydrogen-bond acceptors (Lipinski definition) is 1. The van der Waals surface area contributed by atoms with E-state index in [0.717, 1.165) is 0 Å². The van der Waals surface area contributed by atoms with E-state index < -0.39 is 0 Å². The Labute approximate surface area is 90.9 Å². The van der Waals surface area contributed by atoms with Gasteiger partial charge in [0.2, 0.25) is 0 Å². The first-order valence-electron chi connectivity index (χ1n) is 5.38. The van der Waals surface area contributed by atoms with Crippen molar-refractivity contribution >= 4 is 10.9 Å². The van der Waals surface area contributed by atoms with Crippen molar-refractivity contribution in [2.75, 3.05) is 7.05 Å². The highest BCUT2D eigenvalue weighted by Crippen LogP contribution is 2.29. The number of fused-ring (bicyclic) bond motifs is 1. The zero-order valence-corrected chi connectivity index (χ0v) is 9.83. The average Bonchev–Trinajstić information content (AvgIpc) is 2.52. The van der Waals surface area contributed by atoms with Gasteiger partial charge in [0.1, 0.15) is 0 Å². The van der Waals surface area contributed by atoms with Crippen LogP contribution in [0.2, 0.25) is 0 Å². The molecule has 0 aliphatic heterocycles. The molecule has 1 aromatic carbocycles. The molecule has 1 N–H and O–H groups in total. The Balaban J connectivity index is 2.77. The maximum absolute atomic E-state index is 3.31. The number of para-hydroxylation sites is 1. The van der Waals surface area contributed by atoms with Crippen molar-refractivity contribution in [1.82, 2.24) is 9.88 Å². The van der Waals surface area contributed by atoms with E-state index in [1.807, 2.05) is 7.05 Å². The molecular weight excluding hydrogens is 184 g/mol. The molecule has 0 amide bonds. The predicted molar refractivity (Wildman–Crippen MR) is 65.1 cm³/mol. The zero-order valence-electron chi connectivity index (χ0n) is 9.83. The van der Waals surface area contributed by atoms with Gasteiger partial charge in [-0.1, -0.05) is 18.2 Å². The number of aryl methyl sites for hydroxylation is 1. The van der Waals surface area contributed by atoms with E-state index in [1.165, 1.54) is 22.2 Å². The molecule has 1 atom stereocenters. The number of nitrogens with zero attached hydrogens (tertiary/aromatic N) is 1. The number of rotatable bonds is 2. The van der Waals surface area contributed by atoms with E-state index >= 15 is 0 Å². The second kappa shape index (κ2) is 3.70. The first kappa shape index (κ1) is 10.2. The van der Waals surface area contributed by atoms with E-state index in [1.54, 1.807) is 0 Å². The second-order valence-electron chi connectivity index (χ2n) is 4.09. The van der Waals surface area contributed by atoms with Crippen molar-refractivity contribution in [3.8, 4) is 0 Å². The fourth-order valence-corrected chi connectivity index (χ4v) is 2.24. The van der Waals surface area contributed by atoms with E-state index in [-0.39, 0.29) is 0 Å². The Hall–Kier alpha value is -1.28. The molecule has 1 heterocycles. The summed E-state index contributed by atoms with van der Waals surface area (Å²) in [6.07, 6.45) is 0. The topological polar surface area (TPSA) is 17.0 Å². The third-order valence-corrected chi connectivity index (χ3v) is 3.31. The highest BCUT2D eigenvalue weighted by atomic mass is 15.0. The van der Waals surface area contributed by atoms with Crippen LogP contribution in [0.25, 0.3) is 10.9 Å². The van der Waals surface area contributed by atoms with Gasteiger partial charge in [-0.25, -0.2) is 0 Å². The maximum Gasteiger partial charge on any atom is 0.0483 e. The fraction of sp³-hybridized carbons (Fsp3) is 0.385. The third kappa shape index (κ3) is 1.45. The normalized spacial score (nSPS) is 13.3. The molecule has 2 rings (SSSR count). The van der Waals surface area contributed by atoms with Crippen LogP contribution in [0.4, 0.5) is 0 Å². The van der Waals surface area contributed by atoms with Crippen LogP contribution < -0.4 is 5.32 Å². The van der Waals surface area contributed by atoms with E-state index in [2.05, 4.69) is 55.0 Å². The summed E-state index contributed by atoms with van der Waals surface area (Å²) in [6, 6.07) is 8.97. The molecule has 0 saturated carbocycles. The minimum absolute atomic E-state index is 0.399. The molecule has 0 spiro atoms. The molecule has 2 heteroatoms. The van der Waals surface area contributed by atoms with Gasteiger partial charge in [-0.15, -0.1) is 0 Å².